The molecule has 260 valence electrons. The van der Waals surface area contributed by atoms with Crippen molar-refractivity contribution in [1.82, 2.24) is 14.5 Å². The Morgan fingerprint density at radius 1 is 0.375 bits per heavy atom. The highest BCUT2D eigenvalue weighted by Crippen LogP contribution is 2.62. The lowest BCUT2D eigenvalue weighted by molar-refractivity contribution is 0.748. The second-order valence-corrected chi connectivity index (χ2v) is 14.9. The highest BCUT2D eigenvalue weighted by Gasteiger charge is 2.51. The monoisotopic (exact) mass is 711 g/mol. The van der Waals surface area contributed by atoms with Gasteiger partial charge in [0.05, 0.1) is 33.5 Å². The fraction of sp³-hybridized carbons (Fsp3) is 0.0189. The van der Waals surface area contributed by atoms with E-state index in [0.29, 0.717) is 0 Å². The molecule has 2 aliphatic rings. The average molecular weight is 712 g/mol. The van der Waals surface area contributed by atoms with Crippen molar-refractivity contribution < 1.29 is 0 Å². The molecule has 1 aliphatic carbocycles. The van der Waals surface area contributed by atoms with E-state index in [-0.39, 0.29) is 0 Å². The van der Waals surface area contributed by atoms with Gasteiger partial charge in [-0.15, -0.1) is 0 Å². The number of para-hydroxylation sites is 3. The maximum Gasteiger partial charge on any atom is 0.160 e. The molecule has 56 heavy (non-hydrogen) atoms. The summed E-state index contributed by atoms with van der Waals surface area (Å²) in [6.45, 7) is 0. The highest BCUT2D eigenvalue weighted by atomic mass is 15.0. The molecule has 0 bridgehead atoms. The van der Waals surface area contributed by atoms with Gasteiger partial charge in [0, 0.05) is 27.5 Å². The normalized spacial score (nSPS) is 14.9. The molecule has 0 fully saturated rings. The summed E-state index contributed by atoms with van der Waals surface area (Å²) in [5.41, 5.74) is 18.5. The van der Waals surface area contributed by atoms with E-state index in [1.165, 1.54) is 72.0 Å². The molecule has 3 heterocycles. The van der Waals surface area contributed by atoms with Crippen LogP contribution in [0.3, 0.4) is 0 Å². The predicted octanol–water partition coefficient (Wildman–Crippen LogP) is 12.9. The molecule has 1 atom stereocenters. The third-order valence-corrected chi connectivity index (χ3v) is 12.0. The second-order valence-electron chi connectivity index (χ2n) is 14.9. The predicted molar refractivity (Wildman–Crippen MR) is 229 cm³/mol. The van der Waals surface area contributed by atoms with Gasteiger partial charge in [-0.25, -0.2) is 9.97 Å². The first-order chi connectivity index (χ1) is 27.8. The van der Waals surface area contributed by atoms with Gasteiger partial charge < -0.3 is 4.57 Å². The van der Waals surface area contributed by atoms with E-state index in [0.717, 1.165) is 33.9 Å². The van der Waals surface area contributed by atoms with Crippen molar-refractivity contribution in [1.29, 1.82) is 0 Å². The van der Waals surface area contributed by atoms with Gasteiger partial charge in [0.15, 0.2) is 5.82 Å². The fourth-order valence-electron chi connectivity index (χ4n) is 9.74. The van der Waals surface area contributed by atoms with Crippen LogP contribution in [0.5, 0.6) is 0 Å². The molecule has 12 rings (SSSR count). The van der Waals surface area contributed by atoms with Crippen LogP contribution < -0.4 is 0 Å². The molecule has 1 unspecified atom stereocenters. The molecule has 0 saturated heterocycles. The van der Waals surface area contributed by atoms with Crippen LogP contribution in [0.25, 0.3) is 83.6 Å². The van der Waals surface area contributed by atoms with E-state index in [1.807, 2.05) is 24.3 Å². The Morgan fingerprint density at radius 3 is 1.73 bits per heavy atom. The highest BCUT2D eigenvalue weighted by molar-refractivity contribution is 6.13. The zero-order valence-corrected chi connectivity index (χ0v) is 30.4. The zero-order chi connectivity index (χ0) is 36.8. The van der Waals surface area contributed by atoms with Crippen molar-refractivity contribution in [2.24, 2.45) is 0 Å². The number of benzene rings is 8. The molecule has 0 saturated carbocycles. The SMILES string of the molecule is c1ccc(-c2cc(-c3ccc(-c4cccc5c4-c4ccccc4C54c5ccccc5-n5c6ccccc6c6cccc4c65)cc3)nc(-c3ccccc3)n2)cc1. The van der Waals surface area contributed by atoms with Crippen molar-refractivity contribution in [2.45, 2.75) is 5.41 Å². The van der Waals surface area contributed by atoms with E-state index >= 15 is 0 Å². The summed E-state index contributed by atoms with van der Waals surface area (Å²) in [5.74, 6) is 0.718. The van der Waals surface area contributed by atoms with Crippen LogP contribution in [0.2, 0.25) is 0 Å². The van der Waals surface area contributed by atoms with Crippen LogP contribution in [-0.2, 0) is 5.41 Å². The minimum atomic E-state index is -0.481. The van der Waals surface area contributed by atoms with E-state index in [2.05, 4.69) is 180 Å². The van der Waals surface area contributed by atoms with E-state index < -0.39 is 5.41 Å². The molecule has 0 N–H and O–H groups in total. The fourth-order valence-corrected chi connectivity index (χ4v) is 9.74. The molecule has 3 nitrogen and oxygen atoms in total. The van der Waals surface area contributed by atoms with Crippen LogP contribution in [0, 0.1) is 0 Å². The Balaban J connectivity index is 1.06. The Morgan fingerprint density at radius 2 is 0.929 bits per heavy atom. The smallest absolute Gasteiger partial charge is 0.160 e. The molecule has 1 aliphatic heterocycles. The van der Waals surface area contributed by atoms with Crippen molar-refractivity contribution in [3.63, 3.8) is 0 Å². The minimum absolute atomic E-state index is 0.481. The van der Waals surface area contributed by atoms with Gasteiger partial charge in [0.2, 0.25) is 0 Å². The topological polar surface area (TPSA) is 30.7 Å². The molecule has 0 radical (unpaired) electrons. The minimum Gasteiger partial charge on any atom is -0.309 e. The molecular formula is C53H33N3. The van der Waals surface area contributed by atoms with E-state index in [4.69, 9.17) is 9.97 Å². The maximum absolute atomic E-state index is 5.11. The van der Waals surface area contributed by atoms with Gasteiger partial charge in [0.25, 0.3) is 0 Å². The van der Waals surface area contributed by atoms with Gasteiger partial charge in [-0.1, -0.05) is 182 Å². The number of nitrogens with zero attached hydrogens (tertiary/aromatic N) is 3. The molecular weight excluding hydrogens is 679 g/mol. The summed E-state index contributed by atoms with van der Waals surface area (Å²) < 4.78 is 2.50. The lowest BCUT2D eigenvalue weighted by atomic mass is 9.65. The van der Waals surface area contributed by atoms with Crippen LogP contribution in [0.4, 0.5) is 0 Å². The summed E-state index contributed by atoms with van der Waals surface area (Å²) in [6.07, 6.45) is 0. The summed E-state index contributed by atoms with van der Waals surface area (Å²) in [6, 6.07) is 72.5. The summed E-state index contributed by atoms with van der Waals surface area (Å²) in [4.78, 5) is 10.1. The number of aromatic nitrogens is 3. The standard InChI is InChI=1S/C53H33N3/c1-3-15-35(16-4-1)46-33-47(55-52(54-46)37-17-5-2-6-18-37)36-31-29-34(30-32-36)38-21-13-25-44-50(38)41-20-7-9-23-42(41)53(44)43-24-10-12-28-49(43)56-48-27-11-8-19-39(48)40-22-14-26-45(53)51(40)56/h1-33H. The Labute approximate surface area is 324 Å². The van der Waals surface area contributed by atoms with Gasteiger partial charge >= 0.3 is 0 Å². The molecule has 1 spiro atoms. The average Bonchev–Trinajstić information content (AvgIpc) is 3.78. The summed E-state index contributed by atoms with van der Waals surface area (Å²) >= 11 is 0. The molecule has 2 aromatic heterocycles. The van der Waals surface area contributed by atoms with Crippen LogP contribution in [0.1, 0.15) is 22.3 Å². The second kappa shape index (κ2) is 11.8. The van der Waals surface area contributed by atoms with Gasteiger partial charge in [-0.3, -0.25) is 0 Å². The van der Waals surface area contributed by atoms with Crippen molar-refractivity contribution in [3.05, 3.63) is 222 Å². The van der Waals surface area contributed by atoms with E-state index in [9.17, 15) is 0 Å². The lowest BCUT2D eigenvalue weighted by Crippen LogP contribution is -2.33. The first kappa shape index (κ1) is 31.0. The third-order valence-electron chi connectivity index (χ3n) is 12.0. The van der Waals surface area contributed by atoms with Crippen LogP contribution in [0.15, 0.2) is 200 Å². The van der Waals surface area contributed by atoms with Gasteiger partial charge in [-0.2, -0.15) is 0 Å². The number of hydrogen-bond donors (Lipinski definition) is 0. The van der Waals surface area contributed by atoms with Crippen molar-refractivity contribution in [3.8, 4) is 61.8 Å². The third kappa shape index (κ3) is 4.22. The molecule has 10 aromatic rings. The van der Waals surface area contributed by atoms with Crippen molar-refractivity contribution >= 4 is 21.8 Å². The van der Waals surface area contributed by atoms with Gasteiger partial charge in [-0.05, 0) is 62.7 Å². The lowest BCUT2D eigenvalue weighted by Gasteiger charge is -2.39. The Bertz CT molecular complexity index is 3120. The number of fused-ring (bicyclic) bond motifs is 12. The molecule has 3 heteroatoms. The van der Waals surface area contributed by atoms with Gasteiger partial charge in [0.1, 0.15) is 0 Å². The number of rotatable bonds is 4. The quantitative estimate of drug-likeness (QED) is 0.182. The molecule has 0 amide bonds. The van der Waals surface area contributed by atoms with Crippen molar-refractivity contribution in [2.75, 3.05) is 0 Å². The molecule has 8 aromatic carbocycles. The zero-order valence-electron chi connectivity index (χ0n) is 30.4. The first-order valence-electron chi connectivity index (χ1n) is 19.3. The number of hydrogen-bond acceptors (Lipinski definition) is 2. The first-order valence-corrected chi connectivity index (χ1v) is 19.3. The Kier molecular flexibility index (Phi) is 6.55. The Hall–Kier alpha value is -7.36. The van der Waals surface area contributed by atoms with Crippen LogP contribution >= 0.6 is 0 Å². The largest absolute Gasteiger partial charge is 0.309 e. The maximum atomic E-state index is 5.11. The van der Waals surface area contributed by atoms with Crippen LogP contribution in [-0.4, -0.2) is 14.5 Å². The summed E-state index contributed by atoms with van der Waals surface area (Å²) in [5, 5.41) is 2.58. The van der Waals surface area contributed by atoms with E-state index in [1.54, 1.807) is 0 Å². The summed E-state index contributed by atoms with van der Waals surface area (Å²) in [7, 11) is 0.